The molecule has 2 N–H and O–H groups in total. The van der Waals surface area contributed by atoms with Crippen LogP contribution in [0.1, 0.15) is 11.3 Å². The van der Waals surface area contributed by atoms with E-state index in [1.54, 1.807) is 23.3 Å². The Morgan fingerprint density at radius 1 is 1.61 bits per heavy atom. The van der Waals surface area contributed by atoms with E-state index in [1.807, 2.05) is 11.4 Å². The Morgan fingerprint density at radius 3 is 3.06 bits per heavy atom. The van der Waals surface area contributed by atoms with Crippen molar-refractivity contribution in [2.24, 2.45) is 0 Å². The van der Waals surface area contributed by atoms with Crippen molar-refractivity contribution in [3.8, 4) is 0 Å². The van der Waals surface area contributed by atoms with Crippen molar-refractivity contribution in [3.05, 3.63) is 22.4 Å². The van der Waals surface area contributed by atoms with Crippen LogP contribution < -0.4 is 10.6 Å². The van der Waals surface area contributed by atoms with Gasteiger partial charge in [-0.15, -0.1) is 11.3 Å². The van der Waals surface area contributed by atoms with Crippen LogP contribution in [-0.4, -0.2) is 43.0 Å². The first-order valence-electron chi connectivity index (χ1n) is 5.96. The van der Waals surface area contributed by atoms with E-state index in [4.69, 9.17) is 0 Å². The monoisotopic (exact) mass is 267 g/mol. The fourth-order valence-electron chi connectivity index (χ4n) is 1.95. The number of amides is 3. The van der Waals surface area contributed by atoms with Gasteiger partial charge in [0.15, 0.2) is 0 Å². The van der Waals surface area contributed by atoms with Crippen molar-refractivity contribution in [3.63, 3.8) is 0 Å². The first kappa shape index (κ1) is 12.9. The SMILES string of the molecule is CN1C[C@@H](NC(=O)NCCc2cccs2)CC1=O. The molecule has 1 saturated heterocycles. The van der Waals surface area contributed by atoms with Gasteiger partial charge in [-0.05, 0) is 17.9 Å². The molecule has 1 fully saturated rings. The number of carbonyl (C=O) groups excluding carboxylic acids is 2. The highest BCUT2D eigenvalue weighted by atomic mass is 32.1. The molecular weight excluding hydrogens is 250 g/mol. The standard InChI is InChI=1S/C12H17N3O2S/c1-15-8-9(7-11(15)16)14-12(17)13-5-4-10-3-2-6-18-10/h2-3,6,9H,4-5,7-8H2,1H3,(H2,13,14,17)/t9-/m0/s1. The predicted molar refractivity (Wildman–Crippen MR) is 70.6 cm³/mol. The Bertz CT molecular complexity index is 419. The molecule has 2 heterocycles. The van der Waals surface area contributed by atoms with E-state index < -0.39 is 0 Å². The summed E-state index contributed by atoms with van der Waals surface area (Å²) in [6.07, 6.45) is 1.24. The van der Waals surface area contributed by atoms with Crippen molar-refractivity contribution in [1.82, 2.24) is 15.5 Å². The van der Waals surface area contributed by atoms with E-state index in [9.17, 15) is 9.59 Å². The van der Waals surface area contributed by atoms with E-state index >= 15 is 0 Å². The van der Waals surface area contributed by atoms with Gasteiger partial charge in [-0.25, -0.2) is 4.79 Å². The maximum atomic E-state index is 11.6. The van der Waals surface area contributed by atoms with Gasteiger partial charge in [0, 0.05) is 31.4 Å². The Morgan fingerprint density at radius 2 is 2.44 bits per heavy atom. The van der Waals surface area contributed by atoms with Crippen molar-refractivity contribution >= 4 is 23.3 Å². The maximum Gasteiger partial charge on any atom is 0.315 e. The Hall–Kier alpha value is -1.56. The molecule has 0 radical (unpaired) electrons. The van der Waals surface area contributed by atoms with Crippen LogP contribution in [0.2, 0.25) is 0 Å². The largest absolute Gasteiger partial charge is 0.344 e. The molecule has 0 spiro atoms. The number of likely N-dealkylation sites (tertiary alicyclic amines) is 1. The maximum absolute atomic E-state index is 11.6. The van der Waals surface area contributed by atoms with Gasteiger partial charge in [0.05, 0.1) is 6.04 Å². The number of hydrogen-bond acceptors (Lipinski definition) is 3. The first-order valence-corrected chi connectivity index (χ1v) is 6.84. The van der Waals surface area contributed by atoms with Crippen LogP contribution in [-0.2, 0) is 11.2 Å². The average molecular weight is 267 g/mol. The topological polar surface area (TPSA) is 61.4 Å². The normalized spacial score (nSPS) is 19.1. The van der Waals surface area contributed by atoms with Crippen LogP contribution in [0.15, 0.2) is 17.5 Å². The summed E-state index contributed by atoms with van der Waals surface area (Å²) in [5.74, 6) is 0.0823. The van der Waals surface area contributed by atoms with Crippen LogP contribution in [0, 0.1) is 0 Å². The van der Waals surface area contributed by atoms with Gasteiger partial charge in [0.1, 0.15) is 0 Å². The molecule has 1 aliphatic rings. The third kappa shape index (κ3) is 3.46. The van der Waals surface area contributed by atoms with E-state index in [2.05, 4.69) is 16.7 Å². The van der Waals surface area contributed by atoms with Crippen LogP contribution in [0.5, 0.6) is 0 Å². The molecule has 3 amide bonds. The number of carbonyl (C=O) groups is 2. The van der Waals surface area contributed by atoms with Crippen molar-refractivity contribution < 1.29 is 9.59 Å². The first-order chi connectivity index (χ1) is 8.65. The van der Waals surface area contributed by atoms with Crippen molar-refractivity contribution in [2.45, 2.75) is 18.9 Å². The van der Waals surface area contributed by atoms with Gasteiger partial charge >= 0.3 is 6.03 Å². The number of nitrogens with zero attached hydrogens (tertiary/aromatic N) is 1. The zero-order chi connectivity index (χ0) is 13.0. The highest BCUT2D eigenvalue weighted by molar-refractivity contribution is 7.09. The molecule has 1 aromatic rings. The second-order valence-electron chi connectivity index (χ2n) is 4.40. The smallest absolute Gasteiger partial charge is 0.315 e. The number of likely N-dealkylation sites (N-methyl/N-ethyl adjacent to an activating group) is 1. The minimum atomic E-state index is -0.195. The zero-order valence-electron chi connectivity index (χ0n) is 10.3. The second-order valence-corrected chi connectivity index (χ2v) is 5.44. The summed E-state index contributed by atoms with van der Waals surface area (Å²) in [6.45, 7) is 1.21. The van der Waals surface area contributed by atoms with Crippen LogP contribution in [0.3, 0.4) is 0 Å². The van der Waals surface area contributed by atoms with Crippen LogP contribution in [0.25, 0.3) is 0 Å². The quantitative estimate of drug-likeness (QED) is 0.848. The van der Waals surface area contributed by atoms with Crippen molar-refractivity contribution in [2.75, 3.05) is 20.1 Å². The minimum absolute atomic E-state index is 0.0655. The molecule has 5 nitrogen and oxygen atoms in total. The third-order valence-electron chi connectivity index (χ3n) is 2.91. The molecule has 1 aromatic heterocycles. The molecule has 0 aliphatic carbocycles. The number of nitrogens with one attached hydrogen (secondary N) is 2. The summed E-state index contributed by atoms with van der Waals surface area (Å²) in [4.78, 5) is 25.8. The molecule has 1 aliphatic heterocycles. The summed E-state index contributed by atoms with van der Waals surface area (Å²) < 4.78 is 0. The summed E-state index contributed by atoms with van der Waals surface area (Å²) in [5, 5.41) is 7.64. The molecule has 0 bridgehead atoms. The molecule has 98 valence electrons. The second kappa shape index (κ2) is 5.86. The van der Waals surface area contributed by atoms with Crippen LogP contribution in [0.4, 0.5) is 4.79 Å². The van der Waals surface area contributed by atoms with Gasteiger partial charge in [0.2, 0.25) is 5.91 Å². The summed E-state index contributed by atoms with van der Waals surface area (Å²) in [5.41, 5.74) is 0. The lowest BCUT2D eigenvalue weighted by Crippen LogP contribution is -2.43. The van der Waals surface area contributed by atoms with E-state index in [0.717, 1.165) is 6.42 Å². The minimum Gasteiger partial charge on any atom is -0.344 e. The average Bonchev–Trinajstić information content (AvgIpc) is 2.90. The van der Waals surface area contributed by atoms with Gasteiger partial charge in [-0.1, -0.05) is 6.07 Å². The molecule has 0 aromatic carbocycles. The number of thiophene rings is 1. The number of rotatable bonds is 4. The third-order valence-corrected chi connectivity index (χ3v) is 3.85. The molecular formula is C12H17N3O2S. The zero-order valence-corrected chi connectivity index (χ0v) is 11.1. The Labute approximate surface area is 110 Å². The molecule has 0 saturated carbocycles. The molecule has 2 rings (SSSR count). The lowest BCUT2D eigenvalue weighted by Gasteiger charge is -2.13. The van der Waals surface area contributed by atoms with Gasteiger partial charge in [-0.2, -0.15) is 0 Å². The Balaban J connectivity index is 1.65. The van der Waals surface area contributed by atoms with Gasteiger partial charge in [0.25, 0.3) is 0 Å². The number of hydrogen-bond donors (Lipinski definition) is 2. The van der Waals surface area contributed by atoms with Crippen LogP contribution >= 0.6 is 11.3 Å². The fourth-order valence-corrected chi connectivity index (χ4v) is 2.66. The molecule has 18 heavy (non-hydrogen) atoms. The van der Waals surface area contributed by atoms with Gasteiger partial charge in [-0.3, -0.25) is 4.79 Å². The lowest BCUT2D eigenvalue weighted by atomic mass is 10.2. The summed E-state index contributed by atoms with van der Waals surface area (Å²) in [6, 6.07) is 3.79. The molecule has 0 unspecified atom stereocenters. The highest BCUT2D eigenvalue weighted by Gasteiger charge is 2.27. The molecule has 1 atom stereocenters. The van der Waals surface area contributed by atoms with E-state index in [1.165, 1.54) is 4.88 Å². The summed E-state index contributed by atoms with van der Waals surface area (Å²) >= 11 is 1.69. The highest BCUT2D eigenvalue weighted by Crippen LogP contribution is 2.09. The van der Waals surface area contributed by atoms with E-state index in [0.29, 0.717) is 19.5 Å². The fraction of sp³-hybridized carbons (Fsp3) is 0.500. The lowest BCUT2D eigenvalue weighted by molar-refractivity contribution is -0.126. The van der Waals surface area contributed by atoms with Crippen molar-refractivity contribution in [1.29, 1.82) is 0 Å². The molecule has 6 heteroatoms. The number of urea groups is 1. The Kier molecular flexibility index (Phi) is 4.19. The van der Waals surface area contributed by atoms with E-state index in [-0.39, 0.29) is 18.0 Å². The van der Waals surface area contributed by atoms with Gasteiger partial charge < -0.3 is 15.5 Å². The summed E-state index contributed by atoms with van der Waals surface area (Å²) in [7, 11) is 1.75. The predicted octanol–water partition coefficient (Wildman–Crippen LogP) is 0.820.